The Kier molecular flexibility index (Phi) is 6.39. The molecule has 6 nitrogen and oxygen atoms in total. The third kappa shape index (κ3) is 5.15. The van der Waals surface area contributed by atoms with E-state index in [1.165, 1.54) is 30.3 Å². The Balaban J connectivity index is 1.42. The highest BCUT2D eigenvalue weighted by atomic mass is 19.1. The lowest BCUT2D eigenvalue weighted by atomic mass is 10.1. The predicted molar refractivity (Wildman–Crippen MR) is 113 cm³/mol. The number of rotatable bonds is 7. The lowest BCUT2D eigenvalue weighted by Crippen LogP contribution is -2.32. The number of benzene rings is 2. The molecule has 1 amide bonds. The molecule has 0 bridgehead atoms. The molecule has 2 heterocycles. The van der Waals surface area contributed by atoms with Crippen LogP contribution in [0.25, 0.3) is 0 Å². The Morgan fingerprint density at radius 2 is 2.00 bits per heavy atom. The van der Waals surface area contributed by atoms with Gasteiger partial charge in [0.25, 0.3) is 5.91 Å². The number of methoxy groups -OCH3 is 1. The van der Waals surface area contributed by atoms with Crippen molar-refractivity contribution in [2.75, 3.05) is 25.6 Å². The Morgan fingerprint density at radius 3 is 2.74 bits per heavy atom. The van der Waals surface area contributed by atoms with Crippen LogP contribution in [0.2, 0.25) is 0 Å². The van der Waals surface area contributed by atoms with Crippen LogP contribution in [0.4, 0.5) is 14.5 Å². The molecule has 0 saturated carbocycles. The third-order valence-electron chi connectivity index (χ3n) is 5.48. The molecule has 8 heteroatoms. The van der Waals surface area contributed by atoms with Gasteiger partial charge in [0.15, 0.2) is 0 Å². The monoisotopic (exact) mass is 426 g/mol. The van der Waals surface area contributed by atoms with Gasteiger partial charge in [-0.15, -0.1) is 0 Å². The standard InChI is InChI=1S/C23H24F2N4O2/c1-31-15-22-10-21(14-28(22)12-16-5-7-18(24)8-6-16)29-13-20(11-26-29)27-23(30)17-3-2-4-19(25)9-17/h2-9,11,13,21-22H,10,12,14-15H2,1H3,(H,27,30)/t21-,22-/m0/s1. The lowest BCUT2D eigenvalue weighted by Gasteiger charge is -2.23. The quantitative estimate of drug-likeness (QED) is 0.623. The summed E-state index contributed by atoms with van der Waals surface area (Å²) < 4.78 is 33.8. The summed E-state index contributed by atoms with van der Waals surface area (Å²) in [5.41, 5.74) is 1.83. The van der Waals surface area contributed by atoms with Gasteiger partial charge in [-0.3, -0.25) is 14.4 Å². The van der Waals surface area contributed by atoms with Crippen LogP contribution in [0.5, 0.6) is 0 Å². The minimum Gasteiger partial charge on any atom is -0.383 e. The van der Waals surface area contributed by atoms with E-state index >= 15 is 0 Å². The predicted octanol–water partition coefficient (Wildman–Crippen LogP) is 3.88. The van der Waals surface area contributed by atoms with Crippen LogP contribution in [0.1, 0.15) is 28.4 Å². The Hall–Kier alpha value is -3.10. The average molecular weight is 426 g/mol. The van der Waals surface area contributed by atoms with Crippen molar-refractivity contribution in [1.29, 1.82) is 0 Å². The summed E-state index contributed by atoms with van der Waals surface area (Å²) in [5.74, 6) is -1.10. The summed E-state index contributed by atoms with van der Waals surface area (Å²) in [4.78, 5) is 14.6. The highest BCUT2D eigenvalue weighted by molar-refractivity contribution is 6.04. The number of aromatic nitrogens is 2. The van der Waals surface area contributed by atoms with Crippen LogP contribution in [-0.2, 0) is 11.3 Å². The smallest absolute Gasteiger partial charge is 0.255 e. The van der Waals surface area contributed by atoms with Crippen LogP contribution in [0.3, 0.4) is 0 Å². The van der Waals surface area contributed by atoms with E-state index in [0.29, 0.717) is 18.8 Å². The van der Waals surface area contributed by atoms with E-state index in [4.69, 9.17) is 4.74 Å². The van der Waals surface area contributed by atoms with Crippen LogP contribution in [-0.4, -0.2) is 46.9 Å². The van der Waals surface area contributed by atoms with E-state index in [2.05, 4.69) is 15.3 Å². The van der Waals surface area contributed by atoms with Gasteiger partial charge in [0.05, 0.1) is 24.5 Å². The summed E-state index contributed by atoms with van der Waals surface area (Å²) in [6, 6.07) is 12.4. The summed E-state index contributed by atoms with van der Waals surface area (Å²) >= 11 is 0. The number of carbonyl (C=O) groups is 1. The first-order valence-corrected chi connectivity index (χ1v) is 10.1. The number of halogens is 2. The first-order valence-electron chi connectivity index (χ1n) is 10.1. The largest absolute Gasteiger partial charge is 0.383 e. The summed E-state index contributed by atoms with van der Waals surface area (Å²) in [6.07, 6.45) is 4.21. The summed E-state index contributed by atoms with van der Waals surface area (Å²) in [5, 5.41) is 7.18. The van der Waals surface area contributed by atoms with E-state index in [0.717, 1.165) is 18.5 Å². The molecule has 1 N–H and O–H groups in total. The molecule has 1 fully saturated rings. The molecule has 1 saturated heterocycles. The summed E-state index contributed by atoms with van der Waals surface area (Å²) in [6.45, 7) is 2.03. The molecule has 0 unspecified atom stereocenters. The van der Waals surface area contributed by atoms with Crippen molar-refractivity contribution < 1.29 is 18.3 Å². The van der Waals surface area contributed by atoms with Gasteiger partial charge in [0.1, 0.15) is 11.6 Å². The second kappa shape index (κ2) is 9.36. The molecule has 0 aliphatic carbocycles. The third-order valence-corrected chi connectivity index (χ3v) is 5.48. The van der Waals surface area contributed by atoms with Gasteiger partial charge in [-0.05, 0) is 42.3 Å². The van der Waals surface area contributed by atoms with Gasteiger partial charge in [-0.1, -0.05) is 18.2 Å². The molecule has 2 aromatic carbocycles. The van der Waals surface area contributed by atoms with Crippen molar-refractivity contribution in [3.05, 3.63) is 83.7 Å². The van der Waals surface area contributed by atoms with Gasteiger partial charge in [0.2, 0.25) is 0 Å². The van der Waals surface area contributed by atoms with Gasteiger partial charge in [-0.25, -0.2) is 8.78 Å². The number of carbonyl (C=O) groups excluding carboxylic acids is 1. The molecule has 3 aromatic rings. The maximum Gasteiger partial charge on any atom is 0.255 e. The number of anilines is 1. The van der Waals surface area contributed by atoms with E-state index in [1.807, 2.05) is 4.68 Å². The van der Waals surface area contributed by atoms with Crippen LogP contribution in [0, 0.1) is 11.6 Å². The van der Waals surface area contributed by atoms with Crippen molar-refractivity contribution in [1.82, 2.24) is 14.7 Å². The van der Waals surface area contributed by atoms with Crippen LogP contribution < -0.4 is 5.32 Å². The molecule has 0 radical (unpaired) electrons. The zero-order chi connectivity index (χ0) is 21.8. The van der Waals surface area contributed by atoms with E-state index in [9.17, 15) is 13.6 Å². The van der Waals surface area contributed by atoms with E-state index < -0.39 is 5.82 Å². The van der Waals surface area contributed by atoms with Crippen molar-refractivity contribution in [3.8, 4) is 0 Å². The van der Waals surface area contributed by atoms with Crippen LogP contribution >= 0.6 is 0 Å². The molecule has 1 aliphatic rings. The molecule has 162 valence electrons. The highest BCUT2D eigenvalue weighted by Gasteiger charge is 2.33. The molecule has 4 rings (SSSR count). The number of likely N-dealkylation sites (tertiary alicyclic amines) is 1. The van der Waals surface area contributed by atoms with E-state index in [-0.39, 0.29) is 29.4 Å². The highest BCUT2D eigenvalue weighted by Crippen LogP contribution is 2.29. The molecular weight excluding hydrogens is 402 g/mol. The molecule has 31 heavy (non-hydrogen) atoms. The Morgan fingerprint density at radius 1 is 1.19 bits per heavy atom. The SMILES string of the molecule is COC[C@@H]1C[C@H](n2cc(NC(=O)c3cccc(F)c3)cn2)CN1Cc1ccc(F)cc1. The molecule has 2 atom stereocenters. The molecule has 1 aromatic heterocycles. The fraction of sp³-hybridized carbons (Fsp3) is 0.304. The lowest BCUT2D eigenvalue weighted by molar-refractivity contribution is 0.102. The number of hydrogen-bond acceptors (Lipinski definition) is 4. The number of amides is 1. The number of nitrogens with zero attached hydrogens (tertiary/aromatic N) is 3. The minimum atomic E-state index is -0.459. The second-order valence-corrected chi connectivity index (χ2v) is 7.73. The zero-order valence-electron chi connectivity index (χ0n) is 17.2. The Labute approximate surface area is 179 Å². The number of ether oxygens (including phenoxy) is 1. The second-order valence-electron chi connectivity index (χ2n) is 7.73. The molecule has 0 spiro atoms. The van der Waals surface area contributed by atoms with Crippen LogP contribution in [0.15, 0.2) is 60.9 Å². The maximum atomic E-state index is 13.4. The average Bonchev–Trinajstić information content (AvgIpc) is 3.37. The van der Waals surface area contributed by atoms with Gasteiger partial charge >= 0.3 is 0 Å². The summed E-state index contributed by atoms with van der Waals surface area (Å²) in [7, 11) is 1.68. The van der Waals surface area contributed by atoms with Crippen molar-refractivity contribution in [2.24, 2.45) is 0 Å². The van der Waals surface area contributed by atoms with Crippen molar-refractivity contribution in [2.45, 2.75) is 25.0 Å². The van der Waals surface area contributed by atoms with Gasteiger partial charge < -0.3 is 10.1 Å². The topological polar surface area (TPSA) is 59.4 Å². The van der Waals surface area contributed by atoms with Gasteiger partial charge in [0, 0.05) is 38.0 Å². The van der Waals surface area contributed by atoms with E-state index in [1.54, 1.807) is 37.7 Å². The maximum absolute atomic E-state index is 13.4. The minimum absolute atomic E-state index is 0.112. The fourth-order valence-corrected chi connectivity index (χ4v) is 3.97. The van der Waals surface area contributed by atoms with Crippen molar-refractivity contribution in [3.63, 3.8) is 0 Å². The zero-order valence-corrected chi connectivity index (χ0v) is 17.2. The number of hydrogen-bond donors (Lipinski definition) is 1. The normalized spacial score (nSPS) is 18.9. The van der Waals surface area contributed by atoms with Gasteiger partial charge in [-0.2, -0.15) is 5.10 Å². The Bertz CT molecular complexity index is 1040. The number of nitrogens with one attached hydrogen (secondary N) is 1. The first-order chi connectivity index (χ1) is 15.0. The first kappa shape index (κ1) is 21.1. The molecular formula is C23H24F2N4O2. The fourth-order valence-electron chi connectivity index (χ4n) is 3.97. The molecule has 1 aliphatic heterocycles. The van der Waals surface area contributed by atoms with Crippen molar-refractivity contribution >= 4 is 11.6 Å².